The molecule has 1 N–H and O–H groups in total. The lowest BCUT2D eigenvalue weighted by molar-refractivity contribution is 0.571. The van der Waals surface area contributed by atoms with Crippen LogP contribution in [0, 0.1) is 0 Å². The molecule has 0 spiro atoms. The molecule has 4 heteroatoms. The number of benzene rings is 1. The summed E-state index contributed by atoms with van der Waals surface area (Å²) in [5.41, 5.74) is 2.46. The molecule has 0 bridgehead atoms. The average molecular weight is 292 g/mol. The van der Waals surface area contributed by atoms with Crippen molar-refractivity contribution in [1.29, 1.82) is 0 Å². The van der Waals surface area contributed by atoms with E-state index >= 15 is 0 Å². The summed E-state index contributed by atoms with van der Waals surface area (Å²) in [4.78, 5) is 5.97. The Morgan fingerprint density at radius 1 is 1.32 bits per heavy atom. The molecule has 2 rings (SSSR count). The summed E-state index contributed by atoms with van der Waals surface area (Å²) in [5.74, 6) is 0. The molecule has 102 valence electrons. The number of rotatable bonds is 4. The standard InChI is InChI=1S/C15H20N2S2/c1-15(2,3)13-10-19-14(17-13)9-16-11-6-5-7-12(8-11)18-4/h5-8,10,16H,9H2,1-4H3. The minimum absolute atomic E-state index is 0.132. The van der Waals surface area contributed by atoms with Crippen LogP contribution in [-0.4, -0.2) is 11.2 Å². The fraction of sp³-hybridized carbons (Fsp3) is 0.400. The van der Waals surface area contributed by atoms with E-state index in [0.717, 1.165) is 17.2 Å². The molecule has 0 atom stereocenters. The molecular formula is C15H20N2S2. The minimum Gasteiger partial charge on any atom is -0.378 e. The molecule has 0 amide bonds. The van der Waals surface area contributed by atoms with Crippen LogP contribution in [0.25, 0.3) is 0 Å². The van der Waals surface area contributed by atoms with Crippen LogP contribution in [0.1, 0.15) is 31.5 Å². The van der Waals surface area contributed by atoms with Crippen LogP contribution in [0.15, 0.2) is 34.5 Å². The van der Waals surface area contributed by atoms with Crippen LogP contribution >= 0.6 is 23.1 Å². The van der Waals surface area contributed by atoms with Gasteiger partial charge in [0.25, 0.3) is 0 Å². The maximum absolute atomic E-state index is 4.69. The quantitative estimate of drug-likeness (QED) is 0.821. The Hall–Kier alpha value is -1.00. The van der Waals surface area contributed by atoms with Crippen LogP contribution < -0.4 is 5.32 Å². The highest BCUT2D eigenvalue weighted by atomic mass is 32.2. The maximum atomic E-state index is 4.69. The van der Waals surface area contributed by atoms with Crippen LogP contribution in [0.2, 0.25) is 0 Å². The van der Waals surface area contributed by atoms with Crippen molar-refractivity contribution in [2.45, 2.75) is 37.6 Å². The molecule has 2 nitrogen and oxygen atoms in total. The molecule has 0 radical (unpaired) electrons. The molecule has 1 heterocycles. The monoisotopic (exact) mass is 292 g/mol. The van der Waals surface area contributed by atoms with Gasteiger partial charge in [-0.25, -0.2) is 4.98 Å². The van der Waals surface area contributed by atoms with E-state index in [-0.39, 0.29) is 5.41 Å². The molecule has 2 aromatic rings. The van der Waals surface area contributed by atoms with Crippen molar-refractivity contribution in [1.82, 2.24) is 4.98 Å². The Morgan fingerprint density at radius 2 is 2.11 bits per heavy atom. The van der Waals surface area contributed by atoms with Gasteiger partial charge in [-0.05, 0) is 24.5 Å². The van der Waals surface area contributed by atoms with Crippen LogP contribution in [0.5, 0.6) is 0 Å². The molecule has 0 saturated heterocycles. The third-order valence-electron chi connectivity index (χ3n) is 2.83. The second kappa shape index (κ2) is 5.97. The van der Waals surface area contributed by atoms with Gasteiger partial charge >= 0.3 is 0 Å². The van der Waals surface area contributed by atoms with Gasteiger partial charge in [0.1, 0.15) is 5.01 Å². The van der Waals surface area contributed by atoms with E-state index in [9.17, 15) is 0 Å². The van der Waals surface area contributed by atoms with Gasteiger partial charge in [-0.2, -0.15) is 0 Å². The second-order valence-corrected chi connectivity index (χ2v) is 7.28. The summed E-state index contributed by atoms with van der Waals surface area (Å²) in [5, 5.41) is 6.74. The Morgan fingerprint density at radius 3 is 2.74 bits per heavy atom. The number of anilines is 1. The van der Waals surface area contributed by atoms with E-state index in [1.165, 1.54) is 10.6 Å². The van der Waals surface area contributed by atoms with Gasteiger partial charge in [0.05, 0.1) is 12.2 Å². The highest BCUT2D eigenvalue weighted by molar-refractivity contribution is 7.98. The van der Waals surface area contributed by atoms with Crippen LogP contribution in [0.3, 0.4) is 0 Å². The predicted molar refractivity (Wildman–Crippen MR) is 86.4 cm³/mol. The Bertz CT molecular complexity index is 541. The molecule has 1 aromatic heterocycles. The third-order valence-corrected chi connectivity index (χ3v) is 4.41. The van der Waals surface area contributed by atoms with Gasteiger partial charge in [0.15, 0.2) is 0 Å². The zero-order valence-corrected chi connectivity index (χ0v) is 13.5. The fourth-order valence-corrected chi connectivity index (χ4v) is 3.07. The van der Waals surface area contributed by atoms with E-state index in [2.05, 4.69) is 67.0 Å². The van der Waals surface area contributed by atoms with E-state index in [0.29, 0.717) is 0 Å². The zero-order chi connectivity index (χ0) is 13.9. The SMILES string of the molecule is CSc1cccc(NCc2nc(C(C)(C)C)cs2)c1. The van der Waals surface area contributed by atoms with E-state index in [4.69, 9.17) is 0 Å². The number of thioether (sulfide) groups is 1. The fourth-order valence-electron chi connectivity index (χ4n) is 1.65. The smallest absolute Gasteiger partial charge is 0.112 e. The van der Waals surface area contributed by atoms with Crippen molar-refractivity contribution < 1.29 is 0 Å². The predicted octanol–water partition coefficient (Wildman–Crippen LogP) is 4.77. The highest BCUT2D eigenvalue weighted by Gasteiger charge is 2.17. The largest absolute Gasteiger partial charge is 0.378 e. The summed E-state index contributed by atoms with van der Waals surface area (Å²) in [6.45, 7) is 7.38. The van der Waals surface area contributed by atoms with Gasteiger partial charge in [-0.3, -0.25) is 0 Å². The molecule has 0 aliphatic rings. The average Bonchev–Trinajstić information content (AvgIpc) is 2.85. The van der Waals surface area contributed by atoms with E-state index in [1.807, 2.05) is 0 Å². The topological polar surface area (TPSA) is 24.9 Å². The van der Waals surface area contributed by atoms with Gasteiger partial charge in [0.2, 0.25) is 0 Å². The molecule has 0 aliphatic carbocycles. The molecule has 1 aromatic carbocycles. The molecule has 0 aliphatic heterocycles. The first-order valence-corrected chi connectivity index (χ1v) is 8.42. The van der Waals surface area contributed by atoms with Crippen molar-refractivity contribution in [3.8, 4) is 0 Å². The summed E-state index contributed by atoms with van der Waals surface area (Å²) in [6.07, 6.45) is 2.09. The molecule has 0 unspecified atom stereocenters. The number of aromatic nitrogens is 1. The van der Waals surface area contributed by atoms with Gasteiger partial charge in [-0.1, -0.05) is 26.8 Å². The van der Waals surface area contributed by atoms with E-state index in [1.54, 1.807) is 23.1 Å². The highest BCUT2D eigenvalue weighted by Crippen LogP contribution is 2.25. The van der Waals surface area contributed by atoms with Crippen LogP contribution in [-0.2, 0) is 12.0 Å². The summed E-state index contributed by atoms with van der Waals surface area (Å²) >= 11 is 3.49. The molecule has 19 heavy (non-hydrogen) atoms. The lowest BCUT2D eigenvalue weighted by atomic mass is 9.93. The van der Waals surface area contributed by atoms with Crippen LogP contribution in [0.4, 0.5) is 5.69 Å². The lowest BCUT2D eigenvalue weighted by Gasteiger charge is -2.14. The summed E-state index contributed by atoms with van der Waals surface area (Å²) in [6, 6.07) is 8.47. The van der Waals surface area contributed by atoms with Crippen molar-refractivity contribution >= 4 is 28.8 Å². The Balaban J connectivity index is 2.00. The number of nitrogens with one attached hydrogen (secondary N) is 1. The summed E-state index contributed by atoms with van der Waals surface area (Å²) in [7, 11) is 0. The molecule has 0 fully saturated rings. The van der Waals surface area contributed by atoms with Crippen molar-refractivity contribution in [3.63, 3.8) is 0 Å². The normalized spacial score (nSPS) is 11.6. The number of thiazole rings is 1. The maximum Gasteiger partial charge on any atom is 0.112 e. The first kappa shape index (κ1) is 14.4. The Kier molecular flexibility index (Phi) is 4.53. The van der Waals surface area contributed by atoms with E-state index < -0.39 is 0 Å². The first-order chi connectivity index (χ1) is 8.99. The first-order valence-electron chi connectivity index (χ1n) is 6.32. The Labute approximate surface area is 123 Å². The molecule has 0 saturated carbocycles. The molecular weight excluding hydrogens is 272 g/mol. The zero-order valence-electron chi connectivity index (χ0n) is 11.9. The van der Waals surface area contributed by atoms with Gasteiger partial charge in [-0.15, -0.1) is 23.1 Å². The lowest BCUT2D eigenvalue weighted by Crippen LogP contribution is -2.11. The van der Waals surface area contributed by atoms with Crippen molar-refractivity contribution in [2.24, 2.45) is 0 Å². The second-order valence-electron chi connectivity index (χ2n) is 5.46. The number of hydrogen-bond donors (Lipinski definition) is 1. The number of nitrogens with zero attached hydrogens (tertiary/aromatic N) is 1. The van der Waals surface area contributed by atoms with Crippen molar-refractivity contribution in [2.75, 3.05) is 11.6 Å². The van der Waals surface area contributed by atoms with Crippen molar-refractivity contribution in [3.05, 3.63) is 40.3 Å². The minimum atomic E-state index is 0.132. The summed E-state index contributed by atoms with van der Waals surface area (Å²) < 4.78 is 0. The van der Waals surface area contributed by atoms with Gasteiger partial charge in [0, 0.05) is 21.4 Å². The van der Waals surface area contributed by atoms with Gasteiger partial charge < -0.3 is 5.32 Å². The number of hydrogen-bond acceptors (Lipinski definition) is 4. The third kappa shape index (κ3) is 3.98.